The molecule has 2 aromatic carbocycles. The van der Waals surface area contributed by atoms with E-state index in [1.807, 2.05) is 36.4 Å². The molecule has 0 aliphatic heterocycles. The molecule has 1 heterocycles. The molecule has 0 amide bonds. The fourth-order valence-corrected chi connectivity index (χ4v) is 2.11. The standard InChI is InChI=1S/C15H13N3/c1-10-5-4-6-11(9-10)14-12-7-2-3-8-13(12)17-15(16)18-14/h2-9H,1H3,(H2,16,17,18). The maximum Gasteiger partial charge on any atom is 0.221 e. The Labute approximate surface area is 105 Å². The number of hydrogen-bond donors (Lipinski definition) is 1. The minimum Gasteiger partial charge on any atom is -0.368 e. The molecule has 88 valence electrons. The summed E-state index contributed by atoms with van der Waals surface area (Å²) in [7, 11) is 0. The van der Waals surface area contributed by atoms with Crippen LogP contribution in [0.15, 0.2) is 48.5 Å². The van der Waals surface area contributed by atoms with Crippen molar-refractivity contribution in [1.82, 2.24) is 9.97 Å². The quantitative estimate of drug-likeness (QED) is 0.704. The molecule has 18 heavy (non-hydrogen) atoms. The summed E-state index contributed by atoms with van der Waals surface area (Å²) < 4.78 is 0. The predicted molar refractivity (Wildman–Crippen MR) is 74.1 cm³/mol. The van der Waals surface area contributed by atoms with Crippen molar-refractivity contribution in [2.45, 2.75) is 6.92 Å². The molecule has 2 N–H and O–H groups in total. The van der Waals surface area contributed by atoms with Crippen LogP contribution in [0.25, 0.3) is 22.2 Å². The zero-order chi connectivity index (χ0) is 12.5. The van der Waals surface area contributed by atoms with Crippen LogP contribution in [0.2, 0.25) is 0 Å². The second kappa shape index (κ2) is 4.11. The summed E-state index contributed by atoms with van der Waals surface area (Å²) in [6, 6.07) is 16.2. The number of anilines is 1. The Morgan fingerprint density at radius 3 is 2.61 bits per heavy atom. The lowest BCUT2D eigenvalue weighted by Crippen LogP contribution is -1.98. The van der Waals surface area contributed by atoms with Gasteiger partial charge in [-0.2, -0.15) is 0 Å². The lowest BCUT2D eigenvalue weighted by atomic mass is 10.0. The fourth-order valence-electron chi connectivity index (χ4n) is 2.11. The predicted octanol–water partition coefficient (Wildman–Crippen LogP) is 3.19. The highest BCUT2D eigenvalue weighted by molar-refractivity contribution is 5.93. The largest absolute Gasteiger partial charge is 0.368 e. The van der Waals surface area contributed by atoms with E-state index in [2.05, 4.69) is 29.0 Å². The van der Waals surface area contributed by atoms with Crippen LogP contribution in [-0.4, -0.2) is 9.97 Å². The average molecular weight is 235 g/mol. The van der Waals surface area contributed by atoms with Gasteiger partial charge in [-0.15, -0.1) is 0 Å². The van der Waals surface area contributed by atoms with Gasteiger partial charge in [-0.1, -0.05) is 42.0 Å². The number of hydrogen-bond acceptors (Lipinski definition) is 3. The summed E-state index contributed by atoms with van der Waals surface area (Å²) in [6.07, 6.45) is 0. The van der Waals surface area contributed by atoms with Gasteiger partial charge in [-0.25, -0.2) is 9.97 Å². The summed E-state index contributed by atoms with van der Waals surface area (Å²) in [6.45, 7) is 2.07. The summed E-state index contributed by atoms with van der Waals surface area (Å²) in [5.41, 5.74) is 9.82. The number of fused-ring (bicyclic) bond motifs is 1. The van der Waals surface area contributed by atoms with Crippen LogP contribution < -0.4 is 5.73 Å². The van der Waals surface area contributed by atoms with E-state index in [9.17, 15) is 0 Å². The van der Waals surface area contributed by atoms with Gasteiger partial charge in [-0.05, 0) is 19.1 Å². The van der Waals surface area contributed by atoms with Gasteiger partial charge < -0.3 is 5.73 Å². The molecule has 3 nitrogen and oxygen atoms in total. The molecule has 3 aromatic rings. The lowest BCUT2D eigenvalue weighted by Gasteiger charge is -2.07. The number of aromatic nitrogens is 2. The van der Waals surface area contributed by atoms with E-state index in [4.69, 9.17) is 5.73 Å². The molecule has 0 fully saturated rings. The van der Waals surface area contributed by atoms with Gasteiger partial charge in [0.15, 0.2) is 0 Å². The maximum atomic E-state index is 5.78. The molecule has 0 saturated heterocycles. The minimum atomic E-state index is 0.310. The van der Waals surface area contributed by atoms with E-state index in [-0.39, 0.29) is 0 Å². The van der Waals surface area contributed by atoms with Crippen molar-refractivity contribution in [3.05, 3.63) is 54.1 Å². The molecule has 0 unspecified atom stereocenters. The van der Waals surface area contributed by atoms with Crippen molar-refractivity contribution < 1.29 is 0 Å². The van der Waals surface area contributed by atoms with Crippen molar-refractivity contribution in [3.63, 3.8) is 0 Å². The second-order valence-electron chi connectivity index (χ2n) is 4.32. The number of nitrogen functional groups attached to an aromatic ring is 1. The molecule has 3 heteroatoms. The van der Waals surface area contributed by atoms with Crippen LogP contribution in [0.1, 0.15) is 5.56 Å². The number of benzene rings is 2. The van der Waals surface area contributed by atoms with Crippen molar-refractivity contribution in [3.8, 4) is 11.3 Å². The summed E-state index contributed by atoms with van der Waals surface area (Å²) in [5, 5.41) is 1.03. The lowest BCUT2D eigenvalue weighted by molar-refractivity contribution is 1.24. The van der Waals surface area contributed by atoms with E-state index in [1.165, 1.54) is 5.56 Å². The Balaban J connectivity index is 2.34. The summed E-state index contributed by atoms with van der Waals surface area (Å²) in [5.74, 6) is 0.310. The van der Waals surface area contributed by atoms with Crippen molar-refractivity contribution in [2.24, 2.45) is 0 Å². The smallest absolute Gasteiger partial charge is 0.221 e. The van der Waals surface area contributed by atoms with Crippen LogP contribution in [0.3, 0.4) is 0 Å². The molecule has 0 aliphatic carbocycles. The topological polar surface area (TPSA) is 51.8 Å². The molecular weight excluding hydrogens is 222 g/mol. The number of rotatable bonds is 1. The zero-order valence-electron chi connectivity index (χ0n) is 10.1. The van der Waals surface area contributed by atoms with Crippen LogP contribution in [0.4, 0.5) is 5.95 Å². The average Bonchev–Trinajstić information content (AvgIpc) is 2.37. The first-order valence-electron chi connectivity index (χ1n) is 5.83. The van der Waals surface area contributed by atoms with E-state index in [0.717, 1.165) is 22.2 Å². The van der Waals surface area contributed by atoms with Gasteiger partial charge >= 0.3 is 0 Å². The zero-order valence-corrected chi connectivity index (χ0v) is 10.1. The molecule has 0 bridgehead atoms. The number of nitrogens with two attached hydrogens (primary N) is 1. The normalized spacial score (nSPS) is 10.7. The molecule has 0 atom stereocenters. The van der Waals surface area contributed by atoms with Gasteiger partial charge in [0.05, 0.1) is 11.2 Å². The van der Waals surface area contributed by atoms with Crippen molar-refractivity contribution >= 4 is 16.9 Å². The van der Waals surface area contributed by atoms with E-state index >= 15 is 0 Å². The molecule has 0 radical (unpaired) electrons. The minimum absolute atomic E-state index is 0.310. The Hall–Kier alpha value is -2.42. The Morgan fingerprint density at radius 2 is 1.78 bits per heavy atom. The van der Waals surface area contributed by atoms with E-state index in [0.29, 0.717) is 5.95 Å². The fraction of sp³-hybridized carbons (Fsp3) is 0.0667. The second-order valence-corrected chi connectivity index (χ2v) is 4.32. The molecule has 0 saturated carbocycles. The monoisotopic (exact) mass is 235 g/mol. The molecular formula is C15H13N3. The van der Waals surface area contributed by atoms with Gasteiger partial charge in [0.2, 0.25) is 5.95 Å². The Morgan fingerprint density at radius 1 is 0.944 bits per heavy atom. The van der Waals surface area contributed by atoms with Crippen LogP contribution in [0.5, 0.6) is 0 Å². The van der Waals surface area contributed by atoms with Gasteiger partial charge in [0.1, 0.15) is 0 Å². The third-order valence-corrected chi connectivity index (χ3v) is 2.91. The number of aryl methyl sites for hydroxylation is 1. The highest BCUT2D eigenvalue weighted by Gasteiger charge is 2.07. The first-order valence-corrected chi connectivity index (χ1v) is 5.83. The maximum absolute atomic E-state index is 5.78. The Bertz CT molecular complexity index is 720. The SMILES string of the molecule is Cc1cccc(-c2nc(N)nc3ccccc23)c1. The molecule has 3 rings (SSSR count). The Kier molecular flexibility index (Phi) is 2.45. The third-order valence-electron chi connectivity index (χ3n) is 2.91. The van der Waals surface area contributed by atoms with Crippen LogP contribution in [0, 0.1) is 6.92 Å². The van der Waals surface area contributed by atoms with Crippen molar-refractivity contribution in [2.75, 3.05) is 5.73 Å². The number of nitrogens with zero attached hydrogens (tertiary/aromatic N) is 2. The molecule has 0 spiro atoms. The number of para-hydroxylation sites is 1. The van der Waals surface area contributed by atoms with Gasteiger partial charge in [-0.3, -0.25) is 0 Å². The van der Waals surface area contributed by atoms with Crippen LogP contribution in [-0.2, 0) is 0 Å². The van der Waals surface area contributed by atoms with E-state index in [1.54, 1.807) is 0 Å². The third kappa shape index (κ3) is 1.80. The van der Waals surface area contributed by atoms with Crippen LogP contribution >= 0.6 is 0 Å². The summed E-state index contributed by atoms with van der Waals surface area (Å²) in [4.78, 5) is 8.63. The highest BCUT2D eigenvalue weighted by Crippen LogP contribution is 2.26. The summed E-state index contributed by atoms with van der Waals surface area (Å²) >= 11 is 0. The van der Waals surface area contributed by atoms with Crippen molar-refractivity contribution in [1.29, 1.82) is 0 Å². The highest BCUT2D eigenvalue weighted by atomic mass is 15.0. The first kappa shape index (κ1) is 10.7. The van der Waals surface area contributed by atoms with Gasteiger partial charge in [0, 0.05) is 10.9 Å². The first-order chi connectivity index (χ1) is 8.74. The van der Waals surface area contributed by atoms with Gasteiger partial charge in [0.25, 0.3) is 0 Å². The molecule has 1 aromatic heterocycles. The molecule has 0 aliphatic rings. The van der Waals surface area contributed by atoms with E-state index < -0.39 is 0 Å².